The molecule has 0 amide bonds. The largest absolute Gasteiger partial charge is 0.478 e. The van der Waals surface area contributed by atoms with Gasteiger partial charge in [-0.15, -0.1) is 0 Å². The second kappa shape index (κ2) is 6.04. The first-order valence-electron chi connectivity index (χ1n) is 5.69. The quantitative estimate of drug-likeness (QED) is 0.800. The van der Waals surface area contributed by atoms with E-state index in [1.165, 1.54) is 0 Å². The summed E-state index contributed by atoms with van der Waals surface area (Å²) in [5.74, 6) is -0.865. The topological polar surface area (TPSA) is 37.3 Å². The van der Waals surface area contributed by atoms with Gasteiger partial charge in [0.1, 0.15) is 0 Å². The third-order valence-electron chi connectivity index (χ3n) is 2.64. The Hall–Kier alpha value is -1.83. The molecular weight excluding hydrogens is 212 g/mol. The van der Waals surface area contributed by atoms with E-state index in [9.17, 15) is 4.79 Å². The van der Waals surface area contributed by atoms with Crippen LogP contribution in [0.2, 0.25) is 0 Å². The Morgan fingerprint density at radius 1 is 1.35 bits per heavy atom. The molecule has 2 heteroatoms. The van der Waals surface area contributed by atoms with Gasteiger partial charge in [-0.2, -0.15) is 0 Å². The van der Waals surface area contributed by atoms with Crippen LogP contribution in [0.4, 0.5) is 0 Å². The molecule has 0 unspecified atom stereocenters. The predicted octanol–water partition coefficient (Wildman–Crippen LogP) is 3.76. The molecule has 1 rings (SSSR count). The average Bonchev–Trinajstić information content (AvgIpc) is 2.28. The van der Waals surface area contributed by atoms with Crippen LogP contribution in [-0.4, -0.2) is 11.1 Å². The number of carboxylic acids is 1. The van der Waals surface area contributed by atoms with Crippen LogP contribution in [0.25, 0.3) is 0 Å². The Labute approximate surface area is 102 Å². The molecule has 1 aromatic carbocycles. The van der Waals surface area contributed by atoms with Crippen molar-refractivity contribution in [3.63, 3.8) is 0 Å². The van der Waals surface area contributed by atoms with Crippen molar-refractivity contribution in [3.05, 3.63) is 58.7 Å². The van der Waals surface area contributed by atoms with Gasteiger partial charge in [0, 0.05) is 0 Å². The predicted molar refractivity (Wildman–Crippen MR) is 70.4 cm³/mol. The molecule has 0 saturated heterocycles. The molecule has 0 aromatic heterocycles. The Morgan fingerprint density at radius 2 is 2.06 bits per heavy atom. The lowest BCUT2D eigenvalue weighted by Crippen LogP contribution is -2.03. The highest BCUT2D eigenvalue weighted by Gasteiger charge is 2.10. The maximum Gasteiger partial charge on any atom is 0.335 e. The van der Waals surface area contributed by atoms with E-state index in [1.54, 1.807) is 6.07 Å². The Bertz CT molecular complexity index is 468. The van der Waals surface area contributed by atoms with Crippen LogP contribution in [0, 0.1) is 6.92 Å². The highest BCUT2D eigenvalue weighted by molar-refractivity contribution is 5.89. The highest BCUT2D eigenvalue weighted by atomic mass is 16.4. The summed E-state index contributed by atoms with van der Waals surface area (Å²) in [5, 5.41) is 9.13. The van der Waals surface area contributed by atoms with Crippen LogP contribution >= 0.6 is 0 Å². The minimum Gasteiger partial charge on any atom is -0.478 e. The molecule has 2 nitrogen and oxygen atoms in total. The molecule has 0 saturated carbocycles. The number of aryl methyl sites for hydroxylation is 1. The maximum absolute atomic E-state index is 11.1. The molecule has 0 aliphatic heterocycles. The average molecular weight is 230 g/mol. The van der Waals surface area contributed by atoms with Gasteiger partial charge in [-0.3, -0.25) is 0 Å². The van der Waals surface area contributed by atoms with E-state index in [1.807, 2.05) is 51.1 Å². The van der Waals surface area contributed by atoms with Crippen molar-refractivity contribution in [2.45, 2.75) is 27.2 Å². The molecule has 0 radical (unpaired) electrons. The SMILES string of the molecule is C/C=C\C(=C/C)Cc1cc(C)ccc1C(=O)O. The molecule has 0 atom stereocenters. The lowest BCUT2D eigenvalue weighted by Gasteiger charge is -2.08. The zero-order chi connectivity index (χ0) is 12.8. The Balaban J connectivity index is 3.12. The lowest BCUT2D eigenvalue weighted by atomic mass is 9.97. The molecule has 1 aromatic rings. The van der Waals surface area contributed by atoms with Gasteiger partial charge < -0.3 is 5.11 Å². The number of benzene rings is 1. The van der Waals surface area contributed by atoms with Gasteiger partial charge in [-0.05, 0) is 44.4 Å². The first kappa shape index (κ1) is 13.2. The first-order valence-corrected chi connectivity index (χ1v) is 5.69. The molecule has 90 valence electrons. The van der Waals surface area contributed by atoms with E-state index >= 15 is 0 Å². The second-order valence-corrected chi connectivity index (χ2v) is 4.01. The van der Waals surface area contributed by atoms with Gasteiger partial charge >= 0.3 is 5.97 Å². The van der Waals surface area contributed by atoms with Gasteiger partial charge in [0.15, 0.2) is 0 Å². The van der Waals surface area contributed by atoms with Crippen molar-refractivity contribution in [2.75, 3.05) is 0 Å². The van der Waals surface area contributed by atoms with Gasteiger partial charge in [0.2, 0.25) is 0 Å². The fourth-order valence-electron chi connectivity index (χ4n) is 1.77. The zero-order valence-electron chi connectivity index (χ0n) is 10.5. The van der Waals surface area contributed by atoms with Crippen molar-refractivity contribution in [2.24, 2.45) is 0 Å². The van der Waals surface area contributed by atoms with Crippen LogP contribution in [0.5, 0.6) is 0 Å². The van der Waals surface area contributed by atoms with Gasteiger partial charge in [-0.25, -0.2) is 4.79 Å². The maximum atomic E-state index is 11.1. The van der Waals surface area contributed by atoms with Crippen molar-refractivity contribution in [1.29, 1.82) is 0 Å². The van der Waals surface area contributed by atoms with Crippen molar-refractivity contribution in [3.8, 4) is 0 Å². The lowest BCUT2D eigenvalue weighted by molar-refractivity contribution is 0.0696. The number of allylic oxidation sites excluding steroid dienone is 4. The molecule has 17 heavy (non-hydrogen) atoms. The summed E-state index contributed by atoms with van der Waals surface area (Å²) in [5.41, 5.74) is 3.46. The number of carboxylic acid groups (broad SMARTS) is 1. The fraction of sp³-hybridized carbons (Fsp3) is 0.267. The third kappa shape index (κ3) is 3.59. The van der Waals surface area contributed by atoms with E-state index in [4.69, 9.17) is 5.11 Å². The summed E-state index contributed by atoms with van der Waals surface area (Å²) in [6.45, 7) is 5.89. The first-order chi connectivity index (χ1) is 8.08. The zero-order valence-corrected chi connectivity index (χ0v) is 10.5. The van der Waals surface area contributed by atoms with E-state index in [0.29, 0.717) is 12.0 Å². The Morgan fingerprint density at radius 3 is 2.59 bits per heavy atom. The summed E-state index contributed by atoms with van der Waals surface area (Å²) in [7, 11) is 0. The van der Waals surface area contributed by atoms with Crippen LogP contribution in [0.1, 0.15) is 35.3 Å². The molecule has 0 spiro atoms. The molecule has 0 aliphatic rings. The van der Waals surface area contributed by atoms with E-state index < -0.39 is 5.97 Å². The van der Waals surface area contributed by atoms with E-state index in [0.717, 1.165) is 16.7 Å². The normalized spacial score (nSPS) is 12.1. The van der Waals surface area contributed by atoms with Crippen molar-refractivity contribution in [1.82, 2.24) is 0 Å². The standard InChI is InChI=1S/C15H18O2/c1-4-6-12(5-2)10-13-9-11(3)7-8-14(13)15(16)17/h4-9H,10H2,1-3H3,(H,16,17)/b6-4-,12-5+. The van der Waals surface area contributed by atoms with E-state index in [-0.39, 0.29) is 0 Å². The van der Waals surface area contributed by atoms with Crippen LogP contribution < -0.4 is 0 Å². The number of hydrogen-bond donors (Lipinski definition) is 1. The summed E-state index contributed by atoms with van der Waals surface area (Å²) < 4.78 is 0. The minimum atomic E-state index is -0.865. The molecular formula is C15H18O2. The molecule has 1 N–H and O–H groups in total. The Kier molecular flexibility index (Phi) is 4.70. The van der Waals surface area contributed by atoms with Crippen LogP contribution in [-0.2, 0) is 6.42 Å². The summed E-state index contributed by atoms with van der Waals surface area (Å²) >= 11 is 0. The second-order valence-electron chi connectivity index (χ2n) is 4.01. The van der Waals surface area contributed by atoms with Crippen molar-refractivity contribution >= 4 is 5.97 Å². The van der Waals surface area contributed by atoms with Gasteiger partial charge in [-0.1, -0.05) is 35.9 Å². The van der Waals surface area contributed by atoms with Gasteiger partial charge in [0.25, 0.3) is 0 Å². The van der Waals surface area contributed by atoms with E-state index in [2.05, 4.69) is 0 Å². The number of carbonyl (C=O) groups is 1. The number of aromatic carboxylic acids is 1. The third-order valence-corrected chi connectivity index (χ3v) is 2.64. The fourth-order valence-corrected chi connectivity index (χ4v) is 1.77. The monoisotopic (exact) mass is 230 g/mol. The molecule has 0 heterocycles. The smallest absolute Gasteiger partial charge is 0.335 e. The number of hydrogen-bond acceptors (Lipinski definition) is 1. The molecule has 0 fully saturated rings. The summed E-state index contributed by atoms with van der Waals surface area (Å²) in [6, 6.07) is 5.45. The highest BCUT2D eigenvalue weighted by Crippen LogP contribution is 2.17. The van der Waals surface area contributed by atoms with Crippen LogP contribution in [0.15, 0.2) is 42.0 Å². The van der Waals surface area contributed by atoms with Gasteiger partial charge in [0.05, 0.1) is 5.56 Å². The molecule has 0 aliphatic carbocycles. The number of rotatable bonds is 4. The van der Waals surface area contributed by atoms with Crippen LogP contribution in [0.3, 0.4) is 0 Å². The summed E-state index contributed by atoms with van der Waals surface area (Å²) in [4.78, 5) is 11.1. The van der Waals surface area contributed by atoms with Crippen molar-refractivity contribution < 1.29 is 9.90 Å². The summed E-state index contributed by atoms with van der Waals surface area (Å²) in [6.07, 6.45) is 6.64. The molecule has 0 bridgehead atoms. The minimum absolute atomic E-state index is 0.388.